The number of halogens is 3. The Balaban J connectivity index is 1.52. The molecule has 1 aliphatic rings. The lowest BCUT2D eigenvalue weighted by atomic mass is 9.98. The molecule has 3 aromatic carbocycles. The predicted octanol–water partition coefficient (Wildman–Crippen LogP) is 7.55. The van der Waals surface area contributed by atoms with E-state index in [4.69, 9.17) is 14.2 Å². The number of benzene rings is 3. The zero-order valence-corrected chi connectivity index (χ0v) is 32.0. The maximum Gasteiger partial charge on any atom is 0.407 e. The molecule has 1 unspecified atom stereocenters. The number of hydrogen-bond acceptors (Lipinski definition) is 7. The number of unbranched alkanes of at least 4 members (excludes halogenated alkanes) is 1. The van der Waals surface area contributed by atoms with Crippen molar-refractivity contribution in [3.63, 3.8) is 0 Å². The molecular formula is C41H51F3N4O7. The number of carbonyl (C=O) groups is 4. The average Bonchev–Trinajstić information content (AvgIpc) is 3.44. The van der Waals surface area contributed by atoms with Crippen LogP contribution in [0.15, 0.2) is 72.8 Å². The number of methoxy groups -OCH3 is 1. The first kappa shape index (κ1) is 42.5. The number of ether oxygens (including phenoxy) is 3. The van der Waals surface area contributed by atoms with Crippen molar-refractivity contribution in [3.8, 4) is 16.9 Å². The zero-order valence-electron chi connectivity index (χ0n) is 32.0. The van der Waals surface area contributed by atoms with Crippen molar-refractivity contribution in [2.45, 2.75) is 96.1 Å². The van der Waals surface area contributed by atoms with Crippen LogP contribution in [0.2, 0.25) is 0 Å². The molecule has 4 N–H and O–H groups in total. The van der Waals surface area contributed by atoms with Crippen molar-refractivity contribution >= 4 is 24.0 Å². The topological polar surface area (TPSA) is 144 Å². The van der Waals surface area contributed by atoms with Gasteiger partial charge in [0.1, 0.15) is 30.0 Å². The minimum absolute atomic E-state index is 0.0132. The summed E-state index contributed by atoms with van der Waals surface area (Å²) in [5.74, 6) is -1.97. The number of amides is 4. The first-order chi connectivity index (χ1) is 26.0. The zero-order chi connectivity index (χ0) is 40.3. The van der Waals surface area contributed by atoms with Gasteiger partial charge in [0.05, 0.1) is 13.5 Å². The number of alkyl carbamates (subject to hydrolysis) is 2. The van der Waals surface area contributed by atoms with Gasteiger partial charge in [-0.15, -0.1) is 0 Å². The SMILES string of the molecule is COc1ccc(C(NC(=O)[C@H](CCCCNC(=O)OC(C)(C)C)NC(=O)OCC2c3ccccc3-c3ccccc32)C(=O)N[C@H](CC(F)(F)F)C(C)C)cc1. The summed E-state index contributed by atoms with van der Waals surface area (Å²) in [6, 6.07) is 17.9. The van der Waals surface area contributed by atoms with E-state index in [1.54, 1.807) is 46.8 Å². The Labute approximate surface area is 320 Å². The Kier molecular flexibility index (Phi) is 14.6. The molecule has 0 bridgehead atoms. The lowest BCUT2D eigenvalue weighted by Crippen LogP contribution is -2.52. The highest BCUT2D eigenvalue weighted by molar-refractivity contribution is 5.92. The fourth-order valence-corrected chi connectivity index (χ4v) is 6.34. The second-order valence-electron chi connectivity index (χ2n) is 14.8. The molecule has 298 valence electrons. The van der Waals surface area contributed by atoms with Gasteiger partial charge >= 0.3 is 18.4 Å². The number of nitrogens with one attached hydrogen (secondary N) is 4. The molecule has 0 saturated heterocycles. The minimum atomic E-state index is -4.54. The molecule has 3 atom stereocenters. The first-order valence-corrected chi connectivity index (χ1v) is 18.4. The van der Waals surface area contributed by atoms with Gasteiger partial charge < -0.3 is 35.5 Å². The standard InChI is InChI=1S/C41H51F3N4O7/c1-25(2)34(23-41(42,43)44)46-37(50)35(26-18-20-27(53-6)21-19-26)48-36(49)33(17-11-12-22-45-38(51)55-40(3,4)5)47-39(52)54-24-32-30-15-9-7-13-28(30)29-14-8-10-16-31(29)32/h7-10,13-16,18-21,25,32-35H,11-12,17,22-24H2,1-6H3,(H,45,51)(H,46,50)(H,47,52)(H,48,49)/t33-,34+,35?/m0/s1. The summed E-state index contributed by atoms with van der Waals surface area (Å²) in [6.45, 7) is 8.55. The number of hydrogen-bond donors (Lipinski definition) is 4. The van der Waals surface area contributed by atoms with E-state index in [9.17, 15) is 32.3 Å². The van der Waals surface area contributed by atoms with E-state index >= 15 is 0 Å². The third kappa shape index (κ3) is 12.6. The van der Waals surface area contributed by atoms with Crippen LogP contribution in [0.1, 0.15) is 89.0 Å². The third-order valence-electron chi connectivity index (χ3n) is 9.12. The van der Waals surface area contributed by atoms with Crippen LogP contribution < -0.4 is 26.0 Å². The normalized spacial score (nSPS) is 14.1. The molecule has 0 fully saturated rings. The minimum Gasteiger partial charge on any atom is -0.497 e. The lowest BCUT2D eigenvalue weighted by Gasteiger charge is -2.28. The molecule has 0 heterocycles. The Morgan fingerprint density at radius 2 is 1.36 bits per heavy atom. The van der Waals surface area contributed by atoms with Crippen molar-refractivity contribution in [3.05, 3.63) is 89.5 Å². The van der Waals surface area contributed by atoms with Crippen molar-refractivity contribution < 1.29 is 46.6 Å². The molecule has 0 aliphatic heterocycles. The highest BCUT2D eigenvalue weighted by atomic mass is 19.4. The summed E-state index contributed by atoms with van der Waals surface area (Å²) in [7, 11) is 1.45. The average molecular weight is 769 g/mol. The van der Waals surface area contributed by atoms with Crippen molar-refractivity contribution in [2.75, 3.05) is 20.3 Å². The molecule has 1 aliphatic carbocycles. The first-order valence-electron chi connectivity index (χ1n) is 18.4. The Morgan fingerprint density at radius 1 is 0.764 bits per heavy atom. The van der Waals surface area contributed by atoms with Crippen molar-refractivity contribution in [2.24, 2.45) is 5.92 Å². The predicted molar refractivity (Wildman–Crippen MR) is 201 cm³/mol. The fraction of sp³-hybridized carbons (Fsp3) is 0.463. The molecule has 0 saturated carbocycles. The van der Waals surface area contributed by atoms with Gasteiger partial charge in [-0.1, -0.05) is 74.5 Å². The van der Waals surface area contributed by atoms with Gasteiger partial charge in [-0.2, -0.15) is 13.2 Å². The van der Waals surface area contributed by atoms with Crippen LogP contribution in [-0.2, 0) is 19.1 Å². The molecule has 0 radical (unpaired) electrons. The van der Waals surface area contributed by atoms with Crippen molar-refractivity contribution in [1.82, 2.24) is 21.3 Å². The summed E-state index contributed by atoms with van der Waals surface area (Å²) in [4.78, 5) is 53.2. The highest BCUT2D eigenvalue weighted by Gasteiger charge is 2.36. The molecule has 4 rings (SSSR count). The Bertz CT molecular complexity index is 1730. The lowest BCUT2D eigenvalue weighted by molar-refractivity contribution is -0.146. The number of alkyl halides is 3. The monoisotopic (exact) mass is 768 g/mol. The second-order valence-corrected chi connectivity index (χ2v) is 14.8. The smallest absolute Gasteiger partial charge is 0.407 e. The van der Waals surface area contributed by atoms with Crippen LogP contribution >= 0.6 is 0 Å². The Hall–Kier alpha value is -5.27. The summed E-state index contributed by atoms with van der Waals surface area (Å²) < 4.78 is 56.5. The summed E-state index contributed by atoms with van der Waals surface area (Å²) in [5, 5.41) is 10.4. The quantitative estimate of drug-likeness (QED) is 0.110. The number of rotatable bonds is 16. The van der Waals surface area contributed by atoms with Crippen LogP contribution in [0.3, 0.4) is 0 Å². The molecular weight excluding hydrogens is 717 g/mol. The van der Waals surface area contributed by atoms with Crippen molar-refractivity contribution in [1.29, 1.82) is 0 Å². The number of carbonyl (C=O) groups excluding carboxylic acids is 4. The van der Waals surface area contributed by atoms with Gasteiger partial charge in [0.15, 0.2) is 0 Å². The third-order valence-corrected chi connectivity index (χ3v) is 9.12. The fourth-order valence-electron chi connectivity index (χ4n) is 6.34. The Morgan fingerprint density at radius 3 is 1.91 bits per heavy atom. The maximum absolute atomic E-state index is 14.0. The van der Waals surface area contributed by atoms with Gasteiger partial charge in [0.2, 0.25) is 11.8 Å². The van der Waals surface area contributed by atoms with Gasteiger partial charge in [0, 0.05) is 18.5 Å². The van der Waals surface area contributed by atoms with Crippen LogP contribution in [0, 0.1) is 5.92 Å². The molecule has 4 amide bonds. The van der Waals surface area contributed by atoms with Gasteiger partial charge in [-0.05, 0) is 85.9 Å². The second kappa shape index (κ2) is 18.9. The van der Waals surface area contributed by atoms with Crippen LogP contribution in [0.4, 0.5) is 22.8 Å². The van der Waals surface area contributed by atoms with E-state index in [0.717, 1.165) is 22.3 Å². The molecule has 55 heavy (non-hydrogen) atoms. The van der Waals surface area contributed by atoms with E-state index in [-0.39, 0.29) is 31.1 Å². The molecule has 14 heteroatoms. The summed E-state index contributed by atoms with van der Waals surface area (Å²) in [6.07, 6.45) is -6.45. The highest BCUT2D eigenvalue weighted by Crippen LogP contribution is 2.44. The van der Waals surface area contributed by atoms with Crippen LogP contribution in [-0.4, -0.2) is 68.1 Å². The van der Waals surface area contributed by atoms with E-state index in [1.165, 1.54) is 19.2 Å². The van der Waals surface area contributed by atoms with E-state index in [2.05, 4.69) is 21.3 Å². The molecule has 3 aromatic rings. The van der Waals surface area contributed by atoms with Gasteiger partial charge in [-0.3, -0.25) is 9.59 Å². The molecule has 0 spiro atoms. The van der Waals surface area contributed by atoms with Crippen LogP contribution in [0.25, 0.3) is 11.1 Å². The van der Waals surface area contributed by atoms with E-state index < -0.39 is 66.2 Å². The molecule has 11 nitrogen and oxygen atoms in total. The van der Waals surface area contributed by atoms with E-state index in [0.29, 0.717) is 18.6 Å². The summed E-state index contributed by atoms with van der Waals surface area (Å²) >= 11 is 0. The molecule has 0 aromatic heterocycles. The van der Waals surface area contributed by atoms with Gasteiger partial charge in [-0.25, -0.2) is 9.59 Å². The summed E-state index contributed by atoms with van der Waals surface area (Å²) in [5.41, 5.74) is 3.69. The van der Waals surface area contributed by atoms with Gasteiger partial charge in [0.25, 0.3) is 0 Å². The largest absolute Gasteiger partial charge is 0.497 e. The van der Waals surface area contributed by atoms with Crippen LogP contribution in [0.5, 0.6) is 5.75 Å². The maximum atomic E-state index is 14.0. The van der Waals surface area contributed by atoms with E-state index in [1.807, 2.05) is 48.5 Å². The number of fused-ring (bicyclic) bond motifs is 3.